The molecular formula is C19H23N5O4. The quantitative estimate of drug-likeness (QED) is 0.733. The summed E-state index contributed by atoms with van der Waals surface area (Å²) in [5, 5.41) is 13.5. The summed E-state index contributed by atoms with van der Waals surface area (Å²) >= 11 is 0. The SMILES string of the molecule is CCC1CC(=O)NC(n2nc(C)cc2NC(=O)C2COc3ccccc3O2)N1. The predicted octanol–water partition coefficient (Wildman–Crippen LogP) is 1.31. The van der Waals surface area contributed by atoms with E-state index < -0.39 is 12.4 Å². The molecule has 2 amide bonds. The van der Waals surface area contributed by atoms with Crippen molar-refractivity contribution in [2.45, 2.75) is 45.1 Å². The number of para-hydroxylation sites is 2. The minimum Gasteiger partial charge on any atom is -0.485 e. The molecule has 3 atom stereocenters. The molecule has 3 heterocycles. The Labute approximate surface area is 162 Å². The third kappa shape index (κ3) is 3.65. The highest BCUT2D eigenvalue weighted by atomic mass is 16.6. The van der Waals surface area contributed by atoms with Gasteiger partial charge in [-0.05, 0) is 25.5 Å². The van der Waals surface area contributed by atoms with Crippen molar-refractivity contribution in [2.24, 2.45) is 0 Å². The molecule has 3 N–H and O–H groups in total. The minimum absolute atomic E-state index is 0.0540. The smallest absolute Gasteiger partial charge is 0.270 e. The zero-order chi connectivity index (χ0) is 19.7. The van der Waals surface area contributed by atoms with Crippen LogP contribution >= 0.6 is 0 Å². The van der Waals surface area contributed by atoms with Crippen molar-refractivity contribution in [3.63, 3.8) is 0 Å². The van der Waals surface area contributed by atoms with Gasteiger partial charge in [-0.2, -0.15) is 5.10 Å². The molecule has 2 aliphatic rings. The van der Waals surface area contributed by atoms with Crippen LogP contribution in [0.2, 0.25) is 0 Å². The average molecular weight is 385 g/mol. The van der Waals surface area contributed by atoms with Crippen molar-refractivity contribution in [2.75, 3.05) is 11.9 Å². The molecule has 0 bridgehead atoms. The molecule has 0 spiro atoms. The fourth-order valence-corrected chi connectivity index (χ4v) is 3.32. The van der Waals surface area contributed by atoms with Gasteiger partial charge in [0.1, 0.15) is 12.4 Å². The fraction of sp³-hybridized carbons (Fsp3) is 0.421. The first-order valence-electron chi connectivity index (χ1n) is 9.34. The molecule has 4 rings (SSSR count). The van der Waals surface area contributed by atoms with E-state index in [-0.39, 0.29) is 24.5 Å². The van der Waals surface area contributed by atoms with E-state index in [1.807, 2.05) is 26.0 Å². The topological polar surface area (TPSA) is 107 Å². The van der Waals surface area contributed by atoms with Gasteiger partial charge in [-0.1, -0.05) is 19.1 Å². The maximum absolute atomic E-state index is 12.7. The van der Waals surface area contributed by atoms with E-state index in [2.05, 4.69) is 21.0 Å². The van der Waals surface area contributed by atoms with Gasteiger partial charge in [0.15, 0.2) is 17.8 Å². The van der Waals surface area contributed by atoms with Crippen molar-refractivity contribution in [3.8, 4) is 11.5 Å². The van der Waals surface area contributed by atoms with Crippen molar-refractivity contribution in [1.29, 1.82) is 0 Å². The molecule has 1 aromatic carbocycles. The molecule has 28 heavy (non-hydrogen) atoms. The zero-order valence-electron chi connectivity index (χ0n) is 15.8. The van der Waals surface area contributed by atoms with Crippen LogP contribution in [0, 0.1) is 6.92 Å². The lowest BCUT2D eigenvalue weighted by molar-refractivity contribution is -0.125. The second kappa shape index (κ2) is 7.51. The number of fused-ring (bicyclic) bond motifs is 1. The molecule has 2 aliphatic heterocycles. The molecule has 1 fully saturated rings. The van der Waals surface area contributed by atoms with Crippen LogP contribution in [0.1, 0.15) is 31.7 Å². The van der Waals surface area contributed by atoms with Crippen LogP contribution in [0.4, 0.5) is 5.82 Å². The van der Waals surface area contributed by atoms with Gasteiger partial charge >= 0.3 is 0 Å². The summed E-state index contributed by atoms with van der Waals surface area (Å²) in [7, 11) is 0. The maximum atomic E-state index is 12.7. The number of aryl methyl sites for hydroxylation is 1. The van der Waals surface area contributed by atoms with Gasteiger partial charge in [-0.15, -0.1) is 0 Å². The van der Waals surface area contributed by atoms with Crippen LogP contribution in [0.15, 0.2) is 30.3 Å². The number of carbonyl (C=O) groups is 2. The van der Waals surface area contributed by atoms with Crippen molar-refractivity contribution in [1.82, 2.24) is 20.4 Å². The van der Waals surface area contributed by atoms with Gasteiger partial charge in [0.25, 0.3) is 5.91 Å². The Morgan fingerprint density at radius 3 is 2.93 bits per heavy atom. The summed E-state index contributed by atoms with van der Waals surface area (Å²) < 4.78 is 12.9. The number of hydrogen-bond donors (Lipinski definition) is 3. The molecule has 1 saturated heterocycles. The first-order chi connectivity index (χ1) is 13.5. The number of anilines is 1. The molecule has 0 aliphatic carbocycles. The van der Waals surface area contributed by atoms with E-state index in [0.717, 1.165) is 12.1 Å². The Morgan fingerprint density at radius 2 is 2.14 bits per heavy atom. The van der Waals surface area contributed by atoms with E-state index in [1.165, 1.54) is 0 Å². The Balaban J connectivity index is 1.50. The number of rotatable bonds is 4. The standard InChI is InChI=1S/C19H23N5O4/c1-3-12-9-17(25)22-19(20-12)24-16(8-11(2)23-24)21-18(26)15-10-27-13-6-4-5-7-14(13)28-15/h4-8,12,15,19-20H,3,9-10H2,1-2H3,(H,21,26)(H,22,25). The summed E-state index contributed by atoms with van der Waals surface area (Å²) in [6.07, 6.45) is -0.0737. The Morgan fingerprint density at radius 1 is 1.36 bits per heavy atom. The number of amides is 2. The van der Waals surface area contributed by atoms with Gasteiger partial charge < -0.3 is 20.1 Å². The number of nitrogens with one attached hydrogen (secondary N) is 3. The largest absolute Gasteiger partial charge is 0.485 e. The van der Waals surface area contributed by atoms with Crippen LogP contribution < -0.4 is 25.4 Å². The van der Waals surface area contributed by atoms with Gasteiger partial charge in [-0.3, -0.25) is 14.9 Å². The van der Waals surface area contributed by atoms with E-state index in [0.29, 0.717) is 23.7 Å². The summed E-state index contributed by atoms with van der Waals surface area (Å²) in [5.74, 6) is 1.23. The summed E-state index contributed by atoms with van der Waals surface area (Å²) in [6.45, 7) is 3.96. The van der Waals surface area contributed by atoms with E-state index in [1.54, 1.807) is 22.9 Å². The lowest BCUT2D eigenvalue weighted by Gasteiger charge is -2.32. The second-order valence-electron chi connectivity index (χ2n) is 6.92. The third-order valence-corrected chi connectivity index (χ3v) is 4.77. The normalized spacial score (nSPS) is 23.8. The highest BCUT2D eigenvalue weighted by Crippen LogP contribution is 2.31. The van der Waals surface area contributed by atoms with Gasteiger partial charge in [-0.25, -0.2) is 4.68 Å². The minimum atomic E-state index is -0.782. The van der Waals surface area contributed by atoms with E-state index in [9.17, 15) is 9.59 Å². The molecule has 9 nitrogen and oxygen atoms in total. The number of aromatic nitrogens is 2. The Kier molecular flexibility index (Phi) is 4.91. The molecule has 0 radical (unpaired) electrons. The van der Waals surface area contributed by atoms with E-state index >= 15 is 0 Å². The molecule has 1 aromatic heterocycles. The van der Waals surface area contributed by atoms with E-state index in [4.69, 9.17) is 9.47 Å². The molecule has 0 saturated carbocycles. The highest BCUT2D eigenvalue weighted by Gasteiger charge is 2.31. The lowest BCUT2D eigenvalue weighted by Crippen LogP contribution is -2.53. The van der Waals surface area contributed by atoms with Crippen LogP contribution in [0.5, 0.6) is 11.5 Å². The molecule has 3 unspecified atom stereocenters. The summed E-state index contributed by atoms with van der Waals surface area (Å²) in [4.78, 5) is 24.7. The maximum Gasteiger partial charge on any atom is 0.270 e. The first-order valence-corrected chi connectivity index (χ1v) is 9.34. The van der Waals surface area contributed by atoms with Gasteiger partial charge in [0.2, 0.25) is 12.0 Å². The fourth-order valence-electron chi connectivity index (χ4n) is 3.32. The van der Waals surface area contributed by atoms with Gasteiger partial charge in [0.05, 0.1) is 5.69 Å². The summed E-state index contributed by atoms with van der Waals surface area (Å²) in [5.41, 5.74) is 0.719. The predicted molar refractivity (Wildman–Crippen MR) is 101 cm³/mol. The molecule has 9 heteroatoms. The molecule has 2 aromatic rings. The van der Waals surface area contributed by atoms with Crippen molar-refractivity contribution in [3.05, 3.63) is 36.0 Å². The zero-order valence-corrected chi connectivity index (χ0v) is 15.8. The summed E-state index contributed by atoms with van der Waals surface area (Å²) in [6, 6.07) is 9.03. The lowest BCUT2D eigenvalue weighted by atomic mass is 10.1. The Hall–Kier alpha value is -3.07. The number of carbonyl (C=O) groups excluding carboxylic acids is 2. The molecular weight excluding hydrogens is 362 g/mol. The number of hydrogen-bond acceptors (Lipinski definition) is 6. The van der Waals surface area contributed by atoms with Crippen LogP contribution in [-0.2, 0) is 9.59 Å². The highest BCUT2D eigenvalue weighted by molar-refractivity contribution is 5.94. The molecule has 148 valence electrons. The second-order valence-corrected chi connectivity index (χ2v) is 6.92. The number of nitrogens with zero attached hydrogens (tertiary/aromatic N) is 2. The van der Waals surface area contributed by atoms with Crippen molar-refractivity contribution < 1.29 is 19.1 Å². The van der Waals surface area contributed by atoms with Crippen molar-refractivity contribution >= 4 is 17.6 Å². The third-order valence-electron chi connectivity index (χ3n) is 4.77. The first kappa shape index (κ1) is 18.3. The van der Waals surface area contributed by atoms with Crippen LogP contribution in [-0.4, -0.2) is 40.3 Å². The number of ether oxygens (including phenoxy) is 2. The average Bonchev–Trinajstić information content (AvgIpc) is 3.07. The number of benzene rings is 1. The monoisotopic (exact) mass is 385 g/mol. The van der Waals surface area contributed by atoms with Gasteiger partial charge in [0, 0.05) is 18.5 Å². The van der Waals surface area contributed by atoms with Crippen LogP contribution in [0.25, 0.3) is 0 Å². The Bertz CT molecular complexity index is 896. The van der Waals surface area contributed by atoms with Crippen LogP contribution in [0.3, 0.4) is 0 Å².